The molecule has 0 aliphatic heterocycles. The Balaban J connectivity index is 1.35. The van der Waals surface area contributed by atoms with Crippen LogP contribution in [0.2, 0.25) is 0 Å². The summed E-state index contributed by atoms with van der Waals surface area (Å²) in [5, 5.41) is 23.7. The molecule has 4 heteroatoms. The minimum atomic E-state index is -0.474. The van der Waals surface area contributed by atoms with Crippen LogP contribution >= 0.6 is 0 Å². The van der Waals surface area contributed by atoms with Gasteiger partial charge in [-0.1, -0.05) is 36.4 Å². The van der Waals surface area contributed by atoms with Crippen LogP contribution in [0.1, 0.15) is 37.2 Å². The zero-order valence-corrected chi connectivity index (χ0v) is 17.2. The van der Waals surface area contributed by atoms with E-state index in [1.807, 2.05) is 72.8 Å². The summed E-state index contributed by atoms with van der Waals surface area (Å²) in [7, 11) is 0. The highest BCUT2D eigenvalue weighted by molar-refractivity contribution is 5.85. The van der Waals surface area contributed by atoms with Crippen LogP contribution in [0.3, 0.4) is 0 Å². The van der Waals surface area contributed by atoms with E-state index in [0.29, 0.717) is 13.2 Å². The van der Waals surface area contributed by atoms with E-state index in [0.717, 1.165) is 44.2 Å². The largest absolute Gasteiger partial charge is 0.490 e. The zero-order valence-electron chi connectivity index (χ0n) is 17.2. The molecule has 2 unspecified atom stereocenters. The third-order valence-corrected chi connectivity index (χ3v) is 5.26. The molecule has 0 amide bonds. The van der Waals surface area contributed by atoms with Crippen LogP contribution in [0.25, 0.3) is 21.5 Å². The minimum absolute atomic E-state index is 0.441. The number of fused-ring (bicyclic) bond motifs is 2. The third kappa shape index (κ3) is 4.56. The average molecular weight is 402 g/mol. The summed E-state index contributed by atoms with van der Waals surface area (Å²) in [6.07, 6.45) is -0.948. The van der Waals surface area contributed by atoms with E-state index in [1.165, 1.54) is 0 Å². The second-order valence-corrected chi connectivity index (χ2v) is 7.59. The highest BCUT2D eigenvalue weighted by Gasteiger charge is 2.05. The maximum Gasteiger partial charge on any atom is 0.122 e. The molecule has 0 heterocycles. The molecule has 0 bridgehead atoms. The van der Waals surface area contributed by atoms with Gasteiger partial charge in [-0.2, -0.15) is 0 Å². The highest BCUT2D eigenvalue weighted by atomic mass is 16.5. The molecule has 0 aliphatic carbocycles. The standard InChI is InChI=1S/C26H26O4/c1-17(27)19-3-5-23-15-25(9-7-21(23)13-19)29-11-12-30-26-10-8-22-14-20(18(2)28)4-6-24(22)16-26/h3-10,13-18,27-28H,11-12H2,1-2H3. The van der Waals surface area contributed by atoms with E-state index in [9.17, 15) is 10.2 Å². The van der Waals surface area contributed by atoms with Crippen LogP contribution in [0.15, 0.2) is 72.8 Å². The second-order valence-electron chi connectivity index (χ2n) is 7.59. The van der Waals surface area contributed by atoms with Gasteiger partial charge in [0.2, 0.25) is 0 Å². The molecule has 4 rings (SSSR count). The molecular formula is C26H26O4. The maximum absolute atomic E-state index is 9.72. The summed E-state index contributed by atoms with van der Waals surface area (Å²) in [6, 6.07) is 23.7. The Morgan fingerprint density at radius 2 is 0.933 bits per heavy atom. The molecule has 0 saturated carbocycles. The molecule has 4 aromatic carbocycles. The van der Waals surface area contributed by atoms with Crippen LogP contribution < -0.4 is 9.47 Å². The Hall–Kier alpha value is -3.08. The summed E-state index contributed by atoms with van der Waals surface area (Å²) >= 11 is 0. The molecule has 2 N–H and O–H groups in total. The number of rotatable bonds is 7. The number of aliphatic hydroxyl groups excluding tert-OH is 2. The first-order valence-electron chi connectivity index (χ1n) is 10.2. The fourth-order valence-electron chi connectivity index (χ4n) is 3.50. The Morgan fingerprint density at radius 1 is 0.567 bits per heavy atom. The molecule has 4 nitrogen and oxygen atoms in total. The van der Waals surface area contributed by atoms with E-state index >= 15 is 0 Å². The summed E-state index contributed by atoms with van der Waals surface area (Å²) < 4.78 is 11.7. The van der Waals surface area contributed by atoms with E-state index in [1.54, 1.807) is 13.8 Å². The summed E-state index contributed by atoms with van der Waals surface area (Å²) in [5.74, 6) is 1.58. The number of hydrogen-bond acceptors (Lipinski definition) is 4. The molecule has 154 valence electrons. The van der Waals surface area contributed by atoms with Crippen molar-refractivity contribution >= 4 is 21.5 Å². The van der Waals surface area contributed by atoms with Crippen molar-refractivity contribution in [2.24, 2.45) is 0 Å². The van der Waals surface area contributed by atoms with E-state index in [-0.39, 0.29) is 0 Å². The molecule has 2 atom stereocenters. The topological polar surface area (TPSA) is 58.9 Å². The first kappa shape index (κ1) is 20.2. The van der Waals surface area contributed by atoms with Gasteiger partial charge in [-0.25, -0.2) is 0 Å². The van der Waals surface area contributed by atoms with Crippen molar-refractivity contribution in [3.63, 3.8) is 0 Å². The fourth-order valence-corrected chi connectivity index (χ4v) is 3.50. The predicted octanol–water partition coefficient (Wildman–Crippen LogP) is 5.56. The van der Waals surface area contributed by atoms with Crippen molar-refractivity contribution in [3.05, 3.63) is 83.9 Å². The lowest BCUT2D eigenvalue weighted by atomic mass is 10.0. The van der Waals surface area contributed by atoms with Gasteiger partial charge in [0.25, 0.3) is 0 Å². The summed E-state index contributed by atoms with van der Waals surface area (Å²) in [4.78, 5) is 0. The quantitative estimate of drug-likeness (QED) is 0.398. The van der Waals surface area contributed by atoms with Gasteiger partial charge in [-0.15, -0.1) is 0 Å². The van der Waals surface area contributed by atoms with Crippen molar-refractivity contribution in [3.8, 4) is 11.5 Å². The first-order valence-corrected chi connectivity index (χ1v) is 10.2. The van der Waals surface area contributed by atoms with E-state index in [2.05, 4.69) is 0 Å². The SMILES string of the molecule is CC(O)c1ccc2cc(OCCOc3ccc4cc(C(C)O)ccc4c3)ccc2c1. The van der Waals surface area contributed by atoms with Gasteiger partial charge in [-0.05, 0) is 82.9 Å². The Morgan fingerprint density at radius 3 is 1.33 bits per heavy atom. The second kappa shape index (κ2) is 8.74. The molecule has 0 aromatic heterocycles. The smallest absolute Gasteiger partial charge is 0.122 e. The molecule has 0 saturated heterocycles. The fraction of sp³-hybridized carbons (Fsp3) is 0.231. The van der Waals surface area contributed by atoms with E-state index in [4.69, 9.17) is 9.47 Å². The van der Waals surface area contributed by atoms with Gasteiger partial charge < -0.3 is 19.7 Å². The Bertz CT molecular complexity index is 1070. The molecule has 0 radical (unpaired) electrons. The molecule has 4 aromatic rings. The predicted molar refractivity (Wildman–Crippen MR) is 120 cm³/mol. The van der Waals surface area contributed by atoms with Crippen molar-refractivity contribution < 1.29 is 19.7 Å². The number of ether oxygens (including phenoxy) is 2. The molecular weight excluding hydrogens is 376 g/mol. The summed E-state index contributed by atoms with van der Waals surface area (Å²) in [5.41, 5.74) is 1.81. The van der Waals surface area contributed by atoms with Crippen LogP contribution in [-0.4, -0.2) is 23.4 Å². The van der Waals surface area contributed by atoms with Crippen molar-refractivity contribution in [1.82, 2.24) is 0 Å². The minimum Gasteiger partial charge on any atom is -0.490 e. The molecule has 0 fully saturated rings. The van der Waals surface area contributed by atoms with Crippen LogP contribution in [0, 0.1) is 0 Å². The monoisotopic (exact) mass is 402 g/mol. The van der Waals surface area contributed by atoms with Crippen molar-refractivity contribution in [2.75, 3.05) is 13.2 Å². The molecule has 0 spiro atoms. The Labute approximate surface area is 176 Å². The first-order chi connectivity index (χ1) is 14.5. The van der Waals surface area contributed by atoms with Crippen LogP contribution in [0.4, 0.5) is 0 Å². The number of hydrogen-bond donors (Lipinski definition) is 2. The molecule has 30 heavy (non-hydrogen) atoms. The van der Waals surface area contributed by atoms with Crippen LogP contribution in [-0.2, 0) is 0 Å². The molecule has 0 aliphatic rings. The van der Waals surface area contributed by atoms with Crippen molar-refractivity contribution in [1.29, 1.82) is 0 Å². The number of benzene rings is 4. The van der Waals surface area contributed by atoms with Gasteiger partial charge in [0.15, 0.2) is 0 Å². The lowest BCUT2D eigenvalue weighted by Gasteiger charge is -2.11. The Kier molecular flexibility index (Phi) is 5.88. The number of aliphatic hydroxyl groups is 2. The van der Waals surface area contributed by atoms with Gasteiger partial charge in [0.1, 0.15) is 24.7 Å². The average Bonchev–Trinajstić information content (AvgIpc) is 2.75. The van der Waals surface area contributed by atoms with Gasteiger partial charge in [0, 0.05) is 0 Å². The van der Waals surface area contributed by atoms with Gasteiger partial charge in [0.05, 0.1) is 12.2 Å². The van der Waals surface area contributed by atoms with Gasteiger partial charge >= 0.3 is 0 Å². The normalized spacial score (nSPS) is 13.3. The van der Waals surface area contributed by atoms with Gasteiger partial charge in [-0.3, -0.25) is 0 Å². The van der Waals surface area contributed by atoms with E-state index < -0.39 is 12.2 Å². The summed E-state index contributed by atoms with van der Waals surface area (Å²) in [6.45, 7) is 4.41. The third-order valence-electron chi connectivity index (χ3n) is 5.26. The maximum atomic E-state index is 9.72. The van der Waals surface area contributed by atoms with Crippen molar-refractivity contribution in [2.45, 2.75) is 26.1 Å². The highest BCUT2D eigenvalue weighted by Crippen LogP contribution is 2.26. The lowest BCUT2D eigenvalue weighted by molar-refractivity contribution is 0.199. The lowest BCUT2D eigenvalue weighted by Crippen LogP contribution is -2.08. The van der Waals surface area contributed by atoms with Crippen LogP contribution in [0.5, 0.6) is 11.5 Å². The zero-order chi connectivity index (χ0) is 21.1.